The van der Waals surface area contributed by atoms with Gasteiger partial charge in [-0.05, 0) is 47.9 Å². The van der Waals surface area contributed by atoms with E-state index in [2.05, 4.69) is 59.9 Å². The lowest BCUT2D eigenvalue weighted by Gasteiger charge is -2.09. The first-order chi connectivity index (χ1) is 10.9. The van der Waals surface area contributed by atoms with Crippen LogP contribution < -0.4 is 5.32 Å². The number of rotatable bonds is 5. The molecule has 0 atom stereocenters. The fourth-order valence-electron chi connectivity index (χ4n) is 3.13. The number of nitrogens with one attached hydrogen (secondary N) is 1. The molecule has 1 aliphatic rings. The van der Waals surface area contributed by atoms with Gasteiger partial charge in [0.15, 0.2) is 0 Å². The highest BCUT2D eigenvalue weighted by molar-refractivity contribution is 5.48. The molecule has 114 valence electrons. The maximum absolute atomic E-state index is 3.51. The van der Waals surface area contributed by atoms with Crippen molar-refractivity contribution in [3.8, 4) is 0 Å². The second-order valence-corrected chi connectivity index (χ2v) is 6.11. The third kappa shape index (κ3) is 4.32. The molecule has 0 saturated carbocycles. The van der Waals surface area contributed by atoms with Gasteiger partial charge in [0.2, 0.25) is 0 Å². The average molecular weight is 291 g/mol. The highest BCUT2D eigenvalue weighted by Crippen LogP contribution is 2.21. The van der Waals surface area contributed by atoms with Crippen molar-refractivity contribution in [3.63, 3.8) is 0 Å². The second-order valence-electron chi connectivity index (χ2n) is 6.11. The predicted octanol–water partition coefficient (Wildman–Crippen LogP) is 4.76. The maximum atomic E-state index is 3.51. The molecule has 1 nitrogen and oxygen atoms in total. The molecule has 1 heteroatoms. The van der Waals surface area contributed by atoms with Crippen molar-refractivity contribution in [3.05, 3.63) is 76.9 Å². The molecule has 0 aromatic heterocycles. The molecule has 0 radical (unpaired) electrons. The quantitative estimate of drug-likeness (QED) is 0.618. The minimum atomic E-state index is 0.909. The van der Waals surface area contributed by atoms with Crippen LogP contribution in [0.2, 0.25) is 0 Å². The van der Waals surface area contributed by atoms with Crippen molar-refractivity contribution < 1.29 is 0 Å². The topological polar surface area (TPSA) is 12.0 Å². The summed E-state index contributed by atoms with van der Waals surface area (Å²) in [6.45, 7) is 1.86. The number of hydrogen-bond donors (Lipinski definition) is 1. The lowest BCUT2D eigenvalue weighted by molar-refractivity contribution is 0.711. The predicted molar refractivity (Wildman–Crippen MR) is 94.9 cm³/mol. The van der Waals surface area contributed by atoms with Crippen LogP contribution in [0.3, 0.4) is 0 Å². The molecule has 0 fully saturated rings. The normalized spacial score (nSPS) is 14.7. The number of fused-ring (bicyclic) bond motifs is 1. The Balaban J connectivity index is 1.49. The van der Waals surface area contributed by atoms with Crippen LogP contribution in [-0.2, 0) is 19.4 Å². The molecule has 1 aliphatic carbocycles. The molecule has 0 amide bonds. The lowest BCUT2D eigenvalue weighted by Crippen LogP contribution is -2.13. The zero-order chi connectivity index (χ0) is 15.0. The van der Waals surface area contributed by atoms with E-state index >= 15 is 0 Å². The van der Waals surface area contributed by atoms with E-state index in [4.69, 9.17) is 0 Å². The number of benzene rings is 2. The number of aryl methyl sites for hydroxylation is 2. The largest absolute Gasteiger partial charge is 0.309 e. The van der Waals surface area contributed by atoms with Gasteiger partial charge in [0, 0.05) is 13.1 Å². The Hall–Kier alpha value is -1.86. The van der Waals surface area contributed by atoms with E-state index in [0.717, 1.165) is 13.1 Å². The summed E-state index contributed by atoms with van der Waals surface area (Å²) in [5.74, 6) is 0. The molecule has 2 aromatic carbocycles. The molecule has 2 aromatic rings. The van der Waals surface area contributed by atoms with Crippen molar-refractivity contribution in [1.29, 1.82) is 0 Å². The Labute approximate surface area is 134 Å². The van der Waals surface area contributed by atoms with Crippen LogP contribution in [0.15, 0.2) is 54.6 Å². The summed E-state index contributed by atoms with van der Waals surface area (Å²) < 4.78 is 0. The monoisotopic (exact) mass is 291 g/mol. The van der Waals surface area contributed by atoms with Crippen LogP contribution in [0.1, 0.15) is 41.5 Å². The minimum absolute atomic E-state index is 0.909. The smallest absolute Gasteiger partial charge is 0.0208 e. The van der Waals surface area contributed by atoms with Crippen molar-refractivity contribution >= 4 is 6.08 Å². The van der Waals surface area contributed by atoms with Crippen LogP contribution in [-0.4, -0.2) is 6.54 Å². The summed E-state index contributed by atoms with van der Waals surface area (Å²) in [6.07, 6.45) is 11.0. The first-order valence-corrected chi connectivity index (χ1v) is 8.45. The van der Waals surface area contributed by atoms with Gasteiger partial charge < -0.3 is 5.32 Å². The maximum Gasteiger partial charge on any atom is 0.0208 e. The van der Waals surface area contributed by atoms with Gasteiger partial charge in [-0.1, -0.05) is 67.1 Å². The summed E-state index contributed by atoms with van der Waals surface area (Å²) in [4.78, 5) is 0. The third-order valence-electron chi connectivity index (χ3n) is 4.36. The van der Waals surface area contributed by atoms with Gasteiger partial charge in [-0.2, -0.15) is 0 Å². The fraction of sp³-hybridized carbons (Fsp3) is 0.333. The Kier molecular flexibility index (Phi) is 5.44. The van der Waals surface area contributed by atoms with Crippen LogP contribution >= 0.6 is 0 Å². The third-order valence-corrected chi connectivity index (χ3v) is 4.36. The van der Waals surface area contributed by atoms with Gasteiger partial charge in [0.05, 0.1) is 0 Å². The van der Waals surface area contributed by atoms with Gasteiger partial charge in [0.1, 0.15) is 0 Å². The van der Waals surface area contributed by atoms with Gasteiger partial charge in [-0.25, -0.2) is 0 Å². The first-order valence-electron chi connectivity index (χ1n) is 8.45. The summed E-state index contributed by atoms with van der Waals surface area (Å²) in [7, 11) is 0. The minimum Gasteiger partial charge on any atom is -0.309 e. The summed E-state index contributed by atoms with van der Waals surface area (Å²) in [5.41, 5.74) is 5.82. The molecule has 22 heavy (non-hydrogen) atoms. The zero-order valence-corrected chi connectivity index (χ0v) is 13.2. The van der Waals surface area contributed by atoms with Crippen LogP contribution in [0.25, 0.3) is 6.08 Å². The highest BCUT2D eigenvalue weighted by atomic mass is 14.8. The molecule has 1 N–H and O–H groups in total. The Morgan fingerprint density at radius 2 is 1.68 bits per heavy atom. The van der Waals surface area contributed by atoms with E-state index in [1.165, 1.54) is 43.2 Å². The Morgan fingerprint density at radius 3 is 2.55 bits per heavy atom. The summed E-state index contributed by atoms with van der Waals surface area (Å²) >= 11 is 0. The molecule has 0 bridgehead atoms. The fourth-order valence-corrected chi connectivity index (χ4v) is 3.13. The van der Waals surface area contributed by atoms with Crippen molar-refractivity contribution in [2.75, 3.05) is 6.54 Å². The highest BCUT2D eigenvalue weighted by Gasteiger charge is 2.07. The lowest BCUT2D eigenvalue weighted by atomic mass is 10.00. The van der Waals surface area contributed by atoms with Gasteiger partial charge >= 0.3 is 0 Å². The SMILES string of the molecule is C(=C\c1ccccc1)/CNCc1ccc2c(c1)CCCCC2. The summed E-state index contributed by atoms with van der Waals surface area (Å²) in [5, 5.41) is 3.51. The molecular formula is C21H25N. The number of hydrogen-bond acceptors (Lipinski definition) is 1. The van der Waals surface area contributed by atoms with Crippen molar-refractivity contribution in [2.24, 2.45) is 0 Å². The standard InChI is InChI=1S/C21H25N/c1-3-8-18(9-4-1)10-7-15-22-17-19-13-14-20-11-5-2-6-12-21(20)16-19/h1,3-4,7-10,13-14,16,22H,2,5-6,11-12,15,17H2/b10-7+. The molecule has 3 rings (SSSR count). The van der Waals surface area contributed by atoms with E-state index in [9.17, 15) is 0 Å². The van der Waals surface area contributed by atoms with Crippen LogP contribution in [0.5, 0.6) is 0 Å². The molecular weight excluding hydrogens is 266 g/mol. The Bertz CT molecular complexity index is 613. The molecule has 0 aliphatic heterocycles. The molecule has 0 heterocycles. The molecule has 0 unspecified atom stereocenters. The zero-order valence-electron chi connectivity index (χ0n) is 13.2. The van der Waals surface area contributed by atoms with Gasteiger partial charge in [-0.3, -0.25) is 0 Å². The van der Waals surface area contributed by atoms with Crippen LogP contribution in [0.4, 0.5) is 0 Å². The van der Waals surface area contributed by atoms with E-state index in [-0.39, 0.29) is 0 Å². The molecule has 0 spiro atoms. The van der Waals surface area contributed by atoms with Crippen LogP contribution in [0, 0.1) is 0 Å². The van der Waals surface area contributed by atoms with Gasteiger partial charge in [-0.15, -0.1) is 0 Å². The Morgan fingerprint density at radius 1 is 0.864 bits per heavy atom. The first kappa shape index (κ1) is 15.1. The van der Waals surface area contributed by atoms with E-state index in [1.807, 2.05) is 6.07 Å². The summed E-state index contributed by atoms with van der Waals surface area (Å²) in [6, 6.07) is 17.5. The molecule has 0 saturated heterocycles. The van der Waals surface area contributed by atoms with E-state index in [0.29, 0.717) is 0 Å². The van der Waals surface area contributed by atoms with Crippen molar-refractivity contribution in [2.45, 2.75) is 38.6 Å². The second kappa shape index (κ2) is 7.95. The average Bonchev–Trinajstić information content (AvgIpc) is 2.80. The van der Waals surface area contributed by atoms with E-state index < -0.39 is 0 Å². The van der Waals surface area contributed by atoms with Gasteiger partial charge in [0.25, 0.3) is 0 Å². The van der Waals surface area contributed by atoms with Crippen molar-refractivity contribution in [1.82, 2.24) is 5.32 Å². The van der Waals surface area contributed by atoms with E-state index in [1.54, 1.807) is 11.1 Å².